The van der Waals surface area contributed by atoms with Crippen molar-refractivity contribution in [2.24, 2.45) is 10.7 Å². The number of methoxy groups -OCH3 is 2. The first-order valence-corrected chi connectivity index (χ1v) is 22.7. The van der Waals surface area contributed by atoms with Crippen molar-refractivity contribution in [2.45, 2.75) is 25.9 Å². The van der Waals surface area contributed by atoms with E-state index in [-0.39, 0.29) is 30.3 Å². The maximum atomic E-state index is 13.5. The second kappa shape index (κ2) is 17.8. The molecule has 318 valence electrons. The van der Waals surface area contributed by atoms with Gasteiger partial charge in [-0.05, 0) is 66.9 Å². The predicted octanol–water partition coefficient (Wildman–Crippen LogP) is 3.20. The summed E-state index contributed by atoms with van der Waals surface area (Å²) in [6, 6.07) is 11.5. The monoisotopic (exact) mass is 862 g/mol. The Morgan fingerprint density at radius 2 is 1.30 bits per heavy atom. The fraction of sp³-hybridized carbons (Fsp3) is 0.325. The summed E-state index contributed by atoms with van der Waals surface area (Å²) in [4.78, 5) is 45.6. The fourth-order valence-electron chi connectivity index (χ4n) is 6.85. The number of hydrogen-bond acceptors (Lipinski definition) is 14. The summed E-state index contributed by atoms with van der Waals surface area (Å²) in [7, 11) is -4.20. The lowest BCUT2D eigenvalue weighted by Gasteiger charge is -2.20. The van der Waals surface area contributed by atoms with Gasteiger partial charge >= 0.3 is 11.4 Å². The molecule has 2 atom stereocenters. The molecule has 0 spiro atoms. The highest BCUT2D eigenvalue weighted by atomic mass is 32.2. The van der Waals surface area contributed by atoms with Gasteiger partial charge in [0.25, 0.3) is 0 Å². The number of benzene rings is 2. The van der Waals surface area contributed by atoms with Gasteiger partial charge in [0, 0.05) is 48.5 Å². The molecule has 0 aliphatic heterocycles. The zero-order valence-electron chi connectivity index (χ0n) is 33.8. The molecule has 0 bridgehead atoms. The molecule has 2 aromatic carbocycles. The maximum Gasteiger partial charge on any atom is 0.328 e. The number of H-pyrrole nitrogens is 2. The quantitative estimate of drug-likeness (QED) is 0.0832. The molecule has 0 unspecified atom stereocenters. The van der Waals surface area contributed by atoms with E-state index < -0.39 is 43.1 Å². The standard InChI is InChI=1S/C40H46N8O10S2/c1-7-57-35-16-25(8-10-33(35)55-3)31(22-59(5,51)52)48-38-30(46-40(48)50)15-27(21-44-38)28(18-41)20-42-12-13-58-36-17-26(9-11-34(36)56-4)32(23-60(6,53)54)47-37-29(45-39(47)49)14-24(2)19-43-37/h8-11,14-21,31-32H,7,12-13,22-23,41H2,1-6H3,(H,45,49)(H,46,50)/b28-18+,42-20+/t31-,32-/m1/s1. The SMILES string of the molecule is CCOc1cc([C@@H](CS(C)(=O)=O)n2c(=O)[nH]c3cc(C(=C/N)/C=N/CCOc4cc([C@@H](CS(C)(=O)=O)n5c(=O)[nH]c6cc(C)cnc65)ccc4OC)cnc32)ccc1OC. The van der Waals surface area contributed by atoms with Crippen molar-refractivity contribution in [3.63, 3.8) is 0 Å². The Labute approximate surface area is 345 Å². The zero-order valence-corrected chi connectivity index (χ0v) is 35.5. The Balaban J connectivity index is 1.22. The number of nitrogens with two attached hydrogens (primary N) is 1. The van der Waals surface area contributed by atoms with Crippen LogP contribution in [0, 0.1) is 6.92 Å². The largest absolute Gasteiger partial charge is 0.493 e. The number of nitrogens with zero attached hydrogens (tertiary/aromatic N) is 5. The van der Waals surface area contributed by atoms with Crippen LogP contribution in [0.1, 0.15) is 41.3 Å². The zero-order chi connectivity index (χ0) is 43.4. The number of rotatable bonds is 18. The third kappa shape index (κ3) is 9.71. The Bertz CT molecular complexity index is 2950. The van der Waals surface area contributed by atoms with Crippen LogP contribution in [-0.4, -0.2) is 110 Å². The normalized spacial score (nSPS) is 13.5. The third-order valence-corrected chi connectivity index (χ3v) is 11.3. The molecule has 6 rings (SSSR count). The molecular formula is C40H46N8O10S2. The summed E-state index contributed by atoms with van der Waals surface area (Å²) in [6.07, 6.45) is 8.16. The molecule has 0 fully saturated rings. The minimum absolute atomic E-state index is 0.0737. The third-order valence-electron chi connectivity index (χ3n) is 9.46. The number of aryl methyl sites for hydroxylation is 1. The van der Waals surface area contributed by atoms with E-state index in [1.54, 1.807) is 54.7 Å². The van der Waals surface area contributed by atoms with Gasteiger partial charge in [-0.3, -0.25) is 14.1 Å². The van der Waals surface area contributed by atoms with Crippen molar-refractivity contribution in [2.75, 3.05) is 58.0 Å². The molecule has 6 aromatic rings. The summed E-state index contributed by atoms with van der Waals surface area (Å²) in [6.45, 7) is 4.22. The highest BCUT2D eigenvalue weighted by Gasteiger charge is 2.27. The summed E-state index contributed by atoms with van der Waals surface area (Å²) in [5, 5.41) is 0. The van der Waals surface area contributed by atoms with E-state index in [0.29, 0.717) is 68.5 Å². The summed E-state index contributed by atoms with van der Waals surface area (Å²) in [5.74, 6) is 0.779. The Morgan fingerprint density at radius 1 is 0.783 bits per heavy atom. The van der Waals surface area contributed by atoms with Crippen LogP contribution >= 0.6 is 0 Å². The van der Waals surface area contributed by atoms with E-state index in [4.69, 9.17) is 24.7 Å². The van der Waals surface area contributed by atoms with E-state index in [1.165, 1.54) is 42.0 Å². The van der Waals surface area contributed by atoms with Crippen LogP contribution < -0.4 is 36.1 Å². The van der Waals surface area contributed by atoms with Gasteiger partial charge in [0.2, 0.25) is 0 Å². The van der Waals surface area contributed by atoms with Gasteiger partial charge in [0.15, 0.2) is 34.3 Å². The number of pyridine rings is 2. The number of aromatic amines is 2. The maximum absolute atomic E-state index is 13.5. The first kappa shape index (κ1) is 43.2. The molecule has 4 heterocycles. The first-order valence-electron chi connectivity index (χ1n) is 18.6. The Kier molecular flexibility index (Phi) is 12.8. The molecule has 0 radical (unpaired) electrons. The van der Waals surface area contributed by atoms with Crippen molar-refractivity contribution >= 4 is 53.8 Å². The number of aliphatic imine (C=N–C) groups is 1. The van der Waals surface area contributed by atoms with Gasteiger partial charge in [-0.15, -0.1) is 0 Å². The van der Waals surface area contributed by atoms with Gasteiger partial charge in [-0.1, -0.05) is 12.1 Å². The molecule has 0 amide bonds. The molecule has 20 heteroatoms. The molecule has 18 nitrogen and oxygen atoms in total. The second-order valence-corrected chi connectivity index (χ2v) is 18.4. The van der Waals surface area contributed by atoms with Crippen LogP contribution in [0.25, 0.3) is 27.9 Å². The van der Waals surface area contributed by atoms with E-state index in [1.807, 2.05) is 13.8 Å². The van der Waals surface area contributed by atoms with Gasteiger partial charge < -0.3 is 34.6 Å². The van der Waals surface area contributed by atoms with Gasteiger partial charge in [0.05, 0.1) is 62.0 Å². The molecule has 0 saturated heterocycles. The number of allylic oxidation sites excluding steroid dienone is 1. The highest BCUT2D eigenvalue weighted by molar-refractivity contribution is 7.90. The lowest BCUT2D eigenvalue weighted by Crippen LogP contribution is -2.28. The van der Waals surface area contributed by atoms with Gasteiger partial charge in [-0.2, -0.15) is 0 Å². The van der Waals surface area contributed by atoms with E-state index in [9.17, 15) is 26.4 Å². The fourth-order valence-corrected chi connectivity index (χ4v) is 8.68. The van der Waals surface area contributed by atoms with Crippen molar-refractivity contribution in [1.29, 1.82) is 0 Å². The molecule has 4 N–H and O–H groups in total. The van der Waals surface area contributed by atoms with E-state index in [0.717, 1.165) is 18.1 Å². The molecule has 0 saturated carbocycles. The van der Waals surface area contributed by atoms with Crippen LogP contribution in [-0.2, 0) is 19.7 Å². The van der Waals surface area contributed by atoms with E-state index in [2.05, 4.69) is 24.9 Å². The number of fused-ring (bicyclic) bond motifs is 2. The topological polar surface area (TPSA) is 245 Å². The lowest BCUT2D eigenvalue weighted by atomic mass is 10.1. The Hall–Kier alpha value is -6.41. The average molecular weight is 863 g/mol. The molecule has 60 heavy (non-hydrogen) atoms. The van der Waals surface area contributed by atoms with Crippen LogP contribution in [0.5, 0.6) is 23.0 Å². The van der Waals surface area contributed by atoms with Gasteiger partial charge in [-0.25, -0.2) is 36.4 Å². The van der Waals surface area contributed by atoms with Crippen LogP contribution in [0.3, 0.4) is 0 Å². The number of nitrogens with one attached hydrogen (secondary N) is 2. The minimum Gasteiger partial charge on any atom is -0.493 e. The highest BCUT2D eigenvalue weighted by Crippen LogP contribution is 2.34. The summed E-state index contributed by atoms with van der Waals surface area (Å²) < 4.78 is 75.8. The van der Waals surface area contributed by atoms with E-state index >= 15 is 0 Å². The molecule has 4 aromatic heterocycles. The number of imidazole rings is 2. The van der Waals surface area contributed by atoms with Crippen molar-refractivity contribution in [3.8, 4) is 23.0 Å². The van der Waals surface area contributed by atoms with Gasteiger partial charge in [0.1, 0.15) is 26.3 Å². The lowest BCUT2D eigenvalue weighted by molar-refractivity contribution is 0.302. The summed E-state index contributed by atoms with van der Waals surface area (Å²) in [5.41, 5.74) is 9.10. The molecule has 0 aliphatic carbocycles. The van der Waals surface area contributed by atoms with Crippen molar-refractivity contribution < 1.29 is 35.8 Å². The summed E-state index contributed by atoms with van der Waals surface area (Å²) >= 11 is 0. The molecular weight excluding hydrogens is 817 g/mol. The Morgan fingerprint density at radius 3 is 1.80 bits per heavy atom. The minimum atomic E-state index is -3.59. The van der Waals surface area contributed by atoms with Crippen LogP contribution in [0.4, 0.5) is 0 Å². The predicted molar refractivity (Wildman–Crippen MR) is 229 cm³/mol. The molecule has 0 aliphatic rings. The van der Waals surface area contributed by atoms with Crippen LogP contribution in [0.15, 0.2) is 81.7 Å². The second-order valence-electron chi connectivity index (χ2n) is 14.1. The van der Waals surface area contributed by atoms with Crippen molar-refractivity contribution in [1.82, 2.24) is 29.1 Å². The number of sulfone groups is 2. The number of aromatic nitrogens is 6. The average Bonchev–Trinajstić information content (AvgIpc) is 3.70. The first-order chi connectivity index (χ1) is 28.5. The number of ether oxygens (including phenoxy) is 4. The van der Waals surface area contributed by atoms with Crippen molar-refractivity contribution in [3.05, 3.63) is 110 Å². The smallest absolute Gasteiger partial charge is 0.328 e. The number of hydrogen-bond donors (Lipinski definition) is 3. The van der Waals surface area contributed by atoms with Crippen LogP contribution in [0.2, 0.25) is 0 Å².